The van der Waals surface area contributed by atoms with Crippen LogP contribution in [0.15, 0.2) is 53.0 Å². The van der Waals surface area contributed by atoms with Crippen molar-refractivity contribution in [1.29, 1.82) is 0 Å². The molecule has 0 N–H and O–H groups in total. The molecule has 0 aromatic heterocycles. The van der Waals surface area contributed by atoms with Crippen molar-refractivity contribution >= 4 is 34.5 Å². The van der Waals surface area contributed by atoms with Gasteiger partial charge in [-0.25, -0.2) is 0 Å². The third-order valence-corrected chi connectivity index (χ3v) is 8.09. The van der Waals surface area contributed by atoms with E-state index in [0.717, 1.165) is 18.2 Å². The van der Waals surface area contributed by atoms with Gasteiger partial charge in [-0.2, -0.15) is 0 Å². The van der Waals surface area contributed by atoms with Gasteiger partial charge in [-0.3, -0.25) is 29.8 Å². The monoisotopic (exact) mass is 610 g/mol. The minimum absolute atomic E-state index is 0.0107. The fourth-order valence-electron chi connectivity index (χ4n) is 6.08. The van der Waals surface area contributed by atoms with Gasteiger partial charge in [0.05, 0.1) is 27.5 Å². The molecule has 0 amide bonds. The molecule has 1 heterocycles. The van der Waals surface area contributed by atoms with Gasteiger partial charge in [0.2, 0.25) is 5.75 Å². The number of ether oxygens (including phenoxy) is 3. The molecule has 2 aliphatic carbocycles. The maximum Gasteiger partial charge on any atom is 0.318 e. The molecule has 12 heteroatoms. The summed E-state index contributed by atoms with van der Waals surface area (Å²) in [4.78, 5) is 48.7. The zero-order valence-electron chi connectivity index (χ0n) is 24.4. The summed E-state index contributed by atoms with van der Waals surface area (Å²) in [6.45, 7) is 9.91. The number of nitrogens with zero attached hydrogens (tertiary/aromatic N) is 2. The van der Waals surface area contributed by atoms with Crippen LogP contribution in [0.2, 0.25) is 5.02 Å². The number of rotatable bonds is 7. The van der Waals surface area contributed by atoms with Crippen LogP contribution in [0.4, 0.5) is 11.4 Å². The van der Waals surface area contributed by atoms with Crippen LogP contribution in [0.25, 0.3) is 0 Å². The van der Waals surface area contributed by atoms with E-state index < -0.39 is 27.1 Å². The summed E-state index contributed by atoms with van der Waals surface area (Å²) in [5.41, 5.74) is -0.386. The molecule has 0 saturated heterocycles. The summed E-state index contributed by atoms with van der Waals surface area (Å²) < 4.78 is 18.1. The third-order valence-electron chi connectivity index (χ3n) is 7.81. The number of benzene rings is 2. The van der Waals surface area contributed by atoms with Gasteiger partial charge >= 0.3 is 5.69 Å². The Morgan fingerprint density at radius 2 is 1.47 bits per heavy atom. The first-order valence-electron chi connectivity index (χ1n) is 13.9. The lowest BCUT2D eigenvalue weighted by molar-refractivity contribution is -0.394. The Morgan fingerprint density at radius 1 is 0.884 bits per heavy atom. The molecule has 226 valence electrons. The Morgan fingerprint density at radius 3 is 1.98 bits per heavy atom. The zero-order chi connectivity index (χ0) is 31.4. The van der Waals surface area contributed by atoms with E-state index in [0.29, 0.717) is 41.1 Å². The van der Waals surface area contributed by atoms with Crippen molar-refractivity contribution in [3.05, 3.63) is 83.8 Å². The van der Waals surface area contributed by atoms with Crippen LogP contribution in [0.5, 0.6) is 17.2 Å². The van der Waals surface area contributed by atoms with E-state index in [-0.39, 0.29) is 64.1 Å². The van der Waals surface area contributed by atoms with E-state index in [9.17, 15) is 29.8 Å². The standard InChI is InChI=1S/C31H31ClN2O9/c1-6-41-23-10-16(9-18(32)29(23)43-22-8-7-17(33(37)38)11-19(22)34(39)40)26-27-20(35)12-30(2,3)14-24(27)42-25-15-31(4,5)13-21(36)28(25)26/h7-11,26H,6,12-15H2,1-5H3. The molecule has 0 spiro atoms. The van der Waals surface area contributed by atoms with Gasteiger partial charge in [0.15, 0.2) is 23.1 Å². The Balaban J connectivity index is 1.66. The van der Waals surface area contributed by atoms with Crippen molar-refractivity contribution in [2.75, 3.05) is 6.61 Å². The molecular formula is C31H31ClN2O9. The van der Waals surface area contributed by atoms with E-state index >= 15 is 0 Å². The number of hydrogen-bond acceptors (Lipinski definition) is 9. The second-order valence-corrected chi connectivity index (χ2v) is 13.0. The Labute approximate surface area is 252 Å². The highest BCUT2D eigenvalue weighted by Crippen LogP contribution is 2.55. The van der Waals surface area contributed by atoms with E-state index in [1.54, 1.807) is 19.1 Å². The topological polar surface area (TPSA) is 148 Å². The molecule has 2 aromatic rings. The zero-order valence-corrected chi connectivity index (χ0v) is 25.2. The molecule has 0 radical (unpaired) electrons. The van der Waals surface area contributed by atoms with E-state index in [1.807, 2.05) is 27.7 Å². The maximum atomic E-state index is 13.6. The minimum atomic E-state index is -0.790. The maximum absolute atomic E-state index is 13.6. The number of nitro groups is 2. The summed E-state index contributed by atoms with van der Waals surface area (Å²) in [5, 5.41) is 22.9. The molecule has 0 saturated carbocycles. The highest BCUT2D eigenvalue weighted by Gasteiger charge is 2.48. The Hall–Kier alpha value is -4.25. The Bertz CT molecular complexity index is 1600. The van der Waals surface area contributed by atoms with Crippen molar-refractivity contribution in [3.63, 3.8) is 0 Å². The van der Waals surface area contributed by atoms with Crippen molar-refractivity contribution < 1.29 is 33.6 Å². The number of carbonyl (C=O) groups excluding carboxylic acids is 2. The normalized spacial score (nSPS) is 19.4. The number of allylic oxidation sites excluding steroid dienone is 4. The predicted molar refractivity (Wildman–Crippen MR) is 156 cm³/mol. The summed E-state index contributed by atoms with van der Waals surface area (Å²) in [7, 11) is 0. The SMILES string of the molecule is CCOc1cc(C2C3=C(CC(C)(C)CC3=O)OC3=C2C(=O)CC(C)(C)C3)cc(Cl)c1Oc1ccc([N+](=O)[O-])cc1[N+](=O)[O-]. The first-order valence-corrected chi connectivity index (χ1v) is 14.3. The molecule has 43 heavy (non-hydrogen) atoms. The smallest absolute Gasteiger partial charge is 0.318 e. The van der Waals surface area contributed by atoms with Gasteiger partial charge in [0.1, 0.15) is 11.5 Å². The summed E-state index contributed by atoms with van der Waals surface area (Å²) in [5.74, 6) is -0.0786. The highest BCUT2D eigenvalue weighted by atomic mass is 35.5. The van der Waals surface area contributed by atoms with Crippen LogP contribution in [0.3, 0.4) is 0 Å². The fraction of sp³-hybridized carbons (Fsp3) is 0.419. The first-order chi connectivity index (χ1) is 20.1. The van der Waals surface area contributed by atoms with Crippen molar-refractivity contribution in [2.24, 2.45) is 10.8 Å². The van der Waals surface area contributed by atoms with E-state index in [1.165, 1.54) is 0 Å². The minimum Gasteiger partial charge on any atom is -0.490 e. The van der Waals surface area contributed by atoms with E-state index in [4.69, 9.17) is 25.8 Å². The summed E-state index contributed by atoms with van der Waals surface area (Å²) in [6.07, 6.45) is 1.61. The summed E-state index contributed by atoms with van der Waals surface area (Å²) >= 11 is 6.75. The lowest BCUT2D eigenvalue weighted by atomic mass is 9.65. The number of Topliss-reactive ketones (excluding diaryl/α,β-unsaturated/α-hetero) is 2. The van der Waals surface area contributed by atoms with Gasteiger partial charge in [-0.1, -0.05) is 39.3 Å². The number of non-ortho nitro benzene ring substituents is 1. The summed E-state index contributed by atoms with van der Waals surface area (Å²) in [6, 6.07) is 6.18. The van der Waals surface area contributed by atoms with Crippen LogP contribution >= 0.6 is 11.6 Å². The molecule has 2 aromatic carbocycles. The average Bonchev–Trinajstić information content (AvgIpc) is 2.87. The van der Waals surface area contributed by atoms with Crippen LogP contribution in [-0.4, -0.2) is 28.0 Å². The van der Waals surface area contributed by atoms with Gasteiger partial charge in [0.25, 0.3) is 5.69 Å². The number of hydrogen-bond donors (Lipinski definition) is 0. The highest BCUT2D eigenvalue weighted by molar-refractivity contribution is 6.32. The molecule has 0 atom stereocenters. The second kappa shape index (κ2) is 10.8. The van der Waals surface area contributed by atoms with Gasteiger partial charge in [-0.05, 0) is 41.5 Å². The molecular weight excluding hydrogens is 580 g/mol. The van der Waals surface area contributed by atoms with Gasteiger partial charge in [0, 0.05) is 48.8 Å². The average molecular weight is 611 g/mol. The molecule has 0 fully saturated rings. The van der Waals surface area contributed by atoms with Crippen LogP contribution in [0, 0.1) is 31.1 Å². The quantitative estimate of drug-likeness (QED) is 0.226. The largest absolute Gasteiger partial charge is 0.490 e. The number of ketones is 2. The third kappa shape index (κ3) is 5.73. The molecule has 5 rings (SSSR count). The number of halogens is 1. The molecule has 1 aliphatic heterocycles. The number of nitro benzene ring substituents is 2. The Kier molecular flexibility index (Phi) is 7.58. The molecule has 0 unspecified atom stereocenters. The van der Waals surface area contributed by atoms with Gasteiger partial charge < -0.3 is 14.2 Å². The van der Waals surface area contributed by atoms with Crippen LogP contribution in [-0.2, 0) is 14.3 Å². The van der Waals surface area contributed by atoms with Crippen molar-refractivity contribution in [1.82, 2.24) is 0 Å². The predicted octanol–water partition coefficient (Wildman–Crippen LogP) is 7.75. The number of carbonyl (C=O) groups is 2. The van der Waals surface area contributed by atoms with Gasteiger partial charge in [-0.15, -0.1) is 0 Å². The second-order valence-electron chi connectivity index (χ2n) is 12.6. The first kappa shape index (κ1) is 30.2. The lowest BCUT2D eigenvalue weighted by Crippen LogP contribution is -2.37. The molecule has 0 bridgehead atoms. The van der Waals surface area contributed by atoms with Crippen molar-refractivity contribution in [2.45, 2.75) is 66.2 Å². The van der Waals surface area contributed by atoms with Crippen molar-refractivity contribution in [3.8, 4) is 17.2 Å². The molecule has 3 aliphatic rings. The molecule has 11 nitrogen and oxygen atoms in total. The van der Waals surface area contributed by atoms with Crippen LogP contribution < -0.4 is 9.47 Å². The lowest BCUT2D eigenvalue weighted by Gasteiger charge is -2.42. The fourth-order valence-corrected chi connectivity index (χ4v) is 6.34. The van der Waals surface area contributed by atoms with Crippen LogP contribution in [0.1, 0.15) is 71.8 Å². The van der Waals surface area contributed by atoms with E-state index in [2.05, 4.69) is 0 Å².